The summed E-state index contributed by atoms with van der Waals surface area (Å²) < 4.78 is 40.1. The molecule has 24 heavy (non-hydrogen) atoms. The first-order valence-electron chi connectivity index (χ1n) is 7.10. The van der Waals surface area contributed by atoms with Gasteiger partial charge in [0.1, 0.15) is 5.82 Å². The Morgan fingerprint density at radius 2 is 1.83 bits per heavy atom. The molecule has 1 N–H and O–H groups in total. The van der Waals surface area contributed by atoms with Gasteiger partial charge in [0.15, 0.2) is 0 Å². The highest BCUT2D eigenvalue weighted by molar-refractivity contribution is 7.98. The molecule has 0 spiro atoms. The van der Waals surface area contributed by atoms with Gasteiger partial charge < -0.3 is 0 Å². The van der Waals surface area contributed by atoms with Crippen LogP contribution in [0.3, 0.4) is 0 Å². The van der Waals surface area contributed by atoms with Crippen LogP contribution in [-0.2, 0) is 21.5 Å². The minimum atomic E-state index is -3.49. The Morgan fingerprint density at radius 1 is 1.08 bits per heavy atom. The van der Waals surface area contributed by atoms with Crippen LogP contribution in [0.4, 0.5) is 4.39 Å². The zero-order valence-electron chi connectivity index (χ0n) is 12.6. The van der Waals surface area contributed by atoms with E-state index in [0.29, 0.717) is 32.7 Å². The molecule has 0 fully saturated rings. The number of halogens is 3. The molecule has 8 heteroatoms. The van der Waals surface area contributed by atoms with Gasteiger partial charge in [-0.1, -0.05) is 47.5 Å². The lowest BCUT2D eigenvalue weighted by Gasteiger charge is -2.08. The lowest BCUT2D eigenvalue weighted by Crippen LogP contribution is -2.27. The highest BCUT2D eigenvalue weighted by Gasteiger charge is 2.13. The van der Waals surface area contributed by atoms with Gasteiger partial charge in [0.2, 0.25) is 10.0 Å². The van der Waals surface area contributed by atoms with Gasteiger partial charge in [-0.3, -0.25) is 0 Å². The first kappa shape index (κ1) is 19.5. The van der Waals surface area contributed by atoms with E-state index in [4.69, 9.17) is 23.2 Å². The third-order valence-electron chi connectivity index (χ3n) is 3.14. The number of hydrogen-bond acceptors (Lipinski definition) is 3. The second kappa shape index (κ2) is 9.06. The van der Waals surface area contributed by atoms with Crippen molar-refractivity contribution in [2.45, 2.75) is 11.5 Å². The normalized spacial score (nSPS) is 11.6. The number of hydrogen-bond donors (Lipinski definition) is 1. The van der Waals surface area contributed by atoms with Crippen molar-refractivity contribution < 1.29 is 12.8 Å². The molecule has 0 aromatic heterocycles. The van der Waals surface area contributed by atoms with Gasteiger partial charge in [-0.15, -0.1) is 0 Å². The zero-order valence-corrected chi connectivity index (χ0v) is 15.8. The molecule has 2 aromatic rings. The summed E-state index contributed by atoms with van der Waals surface area (Å²) in [4.78, 5) is 0. The summed E-state index contributed by atoms with van der Waals surface area (Å²) in [5.41, 5.74) is 1.10. The zero-order chi connectivity index (χ0) is 17.6. The molecule has 0 aliphatic rings. The van der Waals surface area contributed by atoms with Crippen molar-refractivity contribution in [3.63, 3.8) is 0 Å². The second-order valence-corrected chi connectivity index (χ2v) is 8.79. The summed E-state index contributed by atoms with van der Waals surface area (Å²) in [6.45, 7) is 0.270. The molecular formula is C16H16Cl2FNO2S2. The van der Waals surface area contributed by atoms with Crippen LogP contribution >= 0.6 is 35.0 Å². The van der Waals surface area contributed by atoms with Crippen molar-refractivity contribution in [3.05, 3.63) is 69.5 Å². The molecule has 2 rings (SSSR count). The maximum Gasteiger partial charge on any atom is 0.215 e. The van der Waals surface area contributed by atoms with Gasteiger partial charge in [0.25, 0.3) is 0 Å². The van der Waals surface area contributed by atoms with Gasteiger partial charge in [0.05, 0.1) is 5.75 Å². The van der Waals surface area contributed by atoms with Crippen LogP contribution < -0.4 is 4.72 Å². The fraction of sp³-hybridized carbons (Fsp3) is 0.250. The summed E-state index contributed by atoms with van der Waals surface area (Å²) in [5, 5.41) is 0.778. The van der Waals surface area contributed by atoms with Crippen molar-refractivity contribution in [2.24, 2.45) is 0 Å². The summed E-state index contributed by atoms with van der Waals surface area (Å²) in [5.74, 6) is 0.586. The third-order valence-corrected chi connectivity index (χ3v) is 6.07. The molecule has 130 valence electrons. The van der Waals surface area contributed by atoms with E-state index in [1.807, 2.05) is 0 Å². The van der Waals surface area contributed by atoms with Gasteiger partial charge >= 0.3 is 0 Å². The predicted octanol–water partition coefficient (Wildman–Crippen LogP) is 4.49. The quantitative estimate of drug-likeness (QED) is 0.655. The van der Waals surface area contributed by atoms with Gasteiger partial charge in [0, 0.05) is 28.1 Å². The van der Waals surface area contributed by atoms with Gasteiger partial charge in [-0.05, 0) is 29.3 Å². The molecular weight excluding hydrogens is 392 g/mol. The minimum absolute atomic E-state index is 0.207. The SMILES string of the molecule is O=S(=O)(Cc1ccc(Cl)cc1Cl)NCCSCc1ccccc1F. The highest BCUT2D eigenvalue weighted by atomic mass is 35.5. The summed E-state index contributed by atoms with van der Waals surface area (Å²) in [7, 11) is -3.49. The Labute approximate surface area is 155 Å². The molecule has 0 saturated heterocycles. The van der Waals surface area contributed by atoms with Crippen molar-refractivity contribution in [1.82, 2.24) is 4.72 Å². The standard InChI is InChI=1S/C16H16Cl2FNO2S2/c17-14-6-5-13(15(18)9-14)11-24(21,22)20-7-8-23-10-12-3-1-2-4-16(12)19/h1-6,9,20H,7-8,10-11H2. The van der Waals surface area contributed by atoms with Crippen molar-refractivity contribution >= 4 is 45.0 Å². The van der Waals surface area contributed by atoms with Crippen LogP contribution in [-0.4, -0.2) is 20.7 Å². The summed E-state index contributed by atoms with van der Waals surface area (Å²) >= 11 is 13.2. The topological polar surface area (TPSA) is 46.2 Å². The molecule has 0 amide bonds. The lowest BCUT2D eigenvalue weighted by molar-refractivity contribution is 0.583. The van der Waals surface area contributed by atoms with E-state index >= 15 is 0 Å². The van der Waals surface area contributed by atoms with Crippen LogP contribution in [0.2, 0.25) is 10.0 Å². The first-order chi connectivity index (χ1) is 11.4. The van der Waals surface area contributed by atoms with Crippen molar-refractivity contribution in [1.29, 1.82) is 0 Å². The van der Waals surface area contributed by atoms with E-state index in [1.165, 1.54) is 23.9 Å². The average molecular weight is 408 g/mol. The third kappa shape index (κ3) is 6.26. The highest BCUT2D eigenvalue weighted by Crippen LogP contribution is 2.22. The van der Waals surface area contributed by atoms with E-state index in [1.54, 1.807) is 30.3 Å². The fourth-order valence-corrected chi connectivity index (χ4v) is 4.67. The Balaban J connectivity index is 1.77. The van der Waals surface area contributed by atoms with E-state index in [9.17, 15) is 12.8 Å². The number of rotatable bonds is 8. The molecule has 0 saturated carbocycles. The second-order valence-electron chi connectivity index (χ2n) is 5.03. The number of benzene rings is 2. The Kier molecular flexibility index (Phi) is 7.37. The number of thioether (sulfide) groups is 1. The first-order valence-corrected chi connectivity index (χ1v) is 10.7. The van der Waals surface area contributed by atoms with Crippen LogP contribution in [0.5, 0.6) is 0 Å². The molecule has 0 radical (unpaired) electrons. The Hall–Kier alpha value is -0.790. The van der Waals surface area contributed by atoms with E-state index in [-0.39, 0.29) is 18.1 Å². The van der Waals surface area contributed by atoms with E-state index in [2.05, 4.69) is 4.72 Å². The molecule has 0 aliphatic carbocycles. The van der Waals surface area contributed by atoms with Crippen LogP contribution in [0, 0.1) is 5.82 Å². The minimum Gasteiger partial charge on any atom is -0.214 e. The van der Waals surface area contributed by atoms with Crippen molar-refractivity contribution in [3.8, 4) is 0 Å². The molecule has 3 nitrogen and oxygen atoms in total. The fourth-order valence-electron chi connectivity index (χ4n) is 1.96. The summed E-state index contributed by atoms with van der Waals surface area (Å²) in [6, 6.07) is 11.2. The molecule has 0 aliphatic heterocycles. The van der Waals surface area contributed by atoms with Crippen LogP contribution in [0.1, 0.15) is 11.1 Å². The molecule has 0 bridgehead atoms. The van der Waals surface area contributed by atoms with Crippen LogP contribution in [0.25, 0.3) is 0 Å². The molecule has 2 aromatic carbocycles. The van der Waals surface area contributed by atoms with Crippen molar-refractivity contribution in [2.75, 3.05) is 12.3 Å². The molecule has 0 atom stereocenters. The smallest absolute Gasteiger partial charge is 0.214 e. The maximum absolute atomic E-state index is 13.4. The Bertz CT molecular complexity index is 800. The van der Waals surface area contributed by atoms with E-state index < -0.39 is 10.0 Å². The Morgan fingerprint density at radius 3 is 2.54 bits per heavy atom. The maximum atomic E-state index is 13.4. The van der Waals surface area contributed by atoms with Crippen LogP contribution in [0.15, 0.2) is 42.5 Å². The lowest BCUT2D eigenvalue weighted by atomic mass is 10.2. The van der Waals surface area contributed by atoms with Gasteiger partial charge in [-0.2, -0.15) is 11.8 Å². The number of nitrogens with one attached hydrogen (secondary N) is 1. The molecule has 0 heterocycles. The summed E-state index contributed by atoms with van der Waals surface area (Å²) in [6.07, 6.45) is 0. The number of sulfonamides is 1. The van der Waals surface area contributed by atoms with E-state index in [0.717, 1.165) is 0 Å². The van der Waals surface area contributed by atoms with Gasteiger partial charge in [-0.25, -0.2) is 17.5 Å². The average Bonchev–Trinajstić information content (AvgIpc) is 2.51. The largest absolute Gasteiger partial charge is 0.215 e. The molecule has 0 unspecified atom stereocenters. The predicted molar refractivity (Wildman–Crippen MR) is 99.7 cm³/mol. The monoisotopic (exact) mass is 407 g/mol.